The number of halogens is 2. The first-order valence-corrected chi connectivity index (χ1v) is 10.0. The number of anilines is 1. The summed E-state index contributed by atoms with van der Waals surface area (Å²) in [6, 6.07) is 22.0. The van der Waals surface area contributed by atoms with Crippen molar-refractivity contribution in [3.63, 3.8) is 0 Å². The number of aliphatic hydroxyl groups is 1. The topological polar surface area (TPSA) is 57.6 Å². The Kier molecular flexibility index (Phi) is 5.26. The molecule has 0 aromatic heterocycles. The number of benzene rings is 3. The van der Waals surface area contributed by atoms with Gasteiger partial charge in [0.2, 0.25) is 0 Å². The summed E-state index contributed by atoms with van der Waals surface area (Å²) in [4.78, 5) is 27.4. The highest BCUT2D eigenvalue weighted by atomic mass is 79.9. The first kappa shape index (κ1) is 19.4. The van der Waals surface area contributed by atoms with Gasteiger partial charge in [0, 0.05) is 20.7 Å². The van der Waals surface area contributed by atoms with E-state index in [1.165, 1.54) is 4.90 Å². The maximum Gasteiger partial charge on any atom is 0.300 e. The van der Waals surface area contributed by atoms with Crippen molar-refractivity contribution >= 4 is 50.7 Å². The molecule has 1 atom stereocenters. The van der Waals surface area contributed by atoms with Crippen LogP contribution in [0.4, 0.5) is 5.69 Å². The lowest BCUT2D eigenvalue weighted by Gasteiger charge is -2.25. The molecular formula is C23H15BrClNO3. The normalized spacial score (nSPS) is 18.3. The molecule has 0 spiro atoms. The monoisotopic (exact) mass is 467 g/mol. The molecule has 144 valence electrons. The number of carbonyl (C=O) groups is 2. The lowest BCUT2D eigenvalue weighted by molar-refractivity contribution is -0.132. The number of aliphatic hydroxyl groups excluding tert-OH is 1. The SMILES string of the molecule is O=C1C(=O)N(c2ccc(Cl)cc2)C(c2ccc(Br)cc2)/C1=C(/O)c1ccccc1. The molecule has 1 saturated heterocycles. The van der Waals surface area contributed by atoms with Crippen molar-refractivity contribution in [2.45, 2.75) is 6.04 Å². The maximum atomic E-state index is 13.0. The van der Waals surface area contributed by atoms with Crippen molar-refractivity contribution in [3.05, 3.63) is 105 Å². The van der Waals surface area contributed by atoms with Gasteiger partial charge in [-0.1, -0.05) is 70.0 Å². The molecule has 1 amide bonds. The van der Waals surface area contributed by atoms with Crippen LogP contribution in [0.5, 0.6) is 0 Å². The van der Waals surface area contributed by atoms with E-state index >= 15 is 0 Å². The smallest absolute Gasteiger partial charge is 0.300 e. The first-order valence-electron chi connectivity index (χ1n) is 8.85. The van der Waals surface area contributed by atoms with E-state index in [9.17, 15) is 14.7 Å². The summed E-state index contributed by atoms with van der Waals surface area (Å²) in [6.07, 6.45) is 0. The second kappa shape index (κ2) is 7.85. The lowest BCUT2D eigenvalue weighted by Crippen LogP contribution is -2.29. The van der Waals surface area contributed by atoms with Gasteiger partial charge < -0.3 is 5.11 Å². The highest BCUT2D eigenvalue weighted by Crippen LogP contribution is 2.42. The van der Waals surface area contributed by atoms with Crippen molar-refractivity contribution in [3.8, 4) is 0 Å². The van der Waals surface area contributed by atoms with E-state index in [1.54, 1.807) is 48.5 Å². The van der Waals surface area contributed by atoms with Crippen molar-refractivity contribution in [2.24, 2.45) is 0 Å². The zero-order valence-electron chi connectivity index (χ0n) is 15.0. The standard InChI is InChI=1S/C23H15BrClNO3/c24-16-8-6-14(7-9-16)20-19(21(27)15-4-2-1-3-5-15)22(28)23(29)26(20)18-12-10-17(25)11-13-18/h1-13,20,27H/b21-19-. The summed E-state index contributed by atoms with van der Waals surface area (Å²) in [5.74, 6) is -1.62. The Bertz CT molecular complexity index is 1110. The maximum absolute atomic E-state index is 13.0. The van der Waals surface area contributed by atoms with E-state index in [2.05, 4.69) is 15.9 Å². The highest BCUT2D eigenvalue weighted by molar-refractivity contribution is 9.10. The molecule has 0 radical (unpaired) electrons. The molecule has 0 saturated carbocycles. The van der Waals surface area contributed by atoms with Gasteiger partial charge in [0.05, 0.1) is 11.6 Å². The van der Waals surface area contributed by atoms with Crippen LogP contribution in [0.3, 0.4) is 0 Å². The molecule has 4 nitrogen and oxygen atoms in total. The third-order valence-electron chi connectivity index (χ3n) is 4.78. The number of carbonyl (C=O) groups excluding carboxylic acids is 2. The van der Waals surface area contributed by atoms with Gasteiger partial charge in [0.25, 0.3) is 11.7 Å². The van der Waals surface area contributed by atoms with Crippen LogP contribution in [-0.2, 0) is 9.59 Å². The van der Waals surface area contributed by atoms with Crippen molar-refractivity contribution in [1.82, 2.24) is 0 Å². The third-order valence-corrected chi connectivity index (χ3v) is 5.56. The van der Waals surface area contributed by atoms with Crippen molar-refractivity contribution in [1.29, 1.82) is 0 Å². The summed E-state index contributed by atoms with van der Waals surface area (Å²) in [6.45, 7) is 0. The minimum Gasteiger partial charge on any atom is -0.507 e. The number of Topliss-reactive ketones (excluding diaryl/α,β-unsaturated/α-hetero) is 1. The molecule has 4 rings (SSSR count). The second-order valence-corrected chi connectivity index (χ2v) is 7.92. The zero-order valence-corrected chi connectivity index (χ0v) is 17.4. The average molecular weight is 469 g/mol. The van der Waals surface area contributed by atoms with Crippen molar-refractivity contribution in [2.75, 3.05) is 4.90 Å². The van der Waals surface area contributed by atoms with Gasteiger partial charge in [0.15, 0.2) is 0 Å². The third kappa shape index (κ3) is 3.59. The van der Waals surface area contributed by atoms with Gasteiger partial charge in [-0.05, 0) is 42.0 Å². The fourth-order valence-electron chi connectivity index (χ4n) is 3.41. The Balaban J connectivity index is 1.94. The number of rotatable bonds is 3. The molecule has 3 aromatic rings. The fourth-order valence-corrected chi connectivity index (χ4v) is 3.80. The van der Waals surface area contributed by atoms with E-state index in [1.807, 2.05) is 30.3 Å². The van der Waals surface area contributed by atoms with Crippen LogP contribution in [0.15, 0.2) is 88.9 Å². The Morgan fingerprint density at radius 1 is 0.897 bits per heavy atom. The molecule has 1 unspecified atom stereocenters. The molecule has 1 N–H and O–H groups in total. The Morgan fingerprint density at radius 2 is 1.52 bits per heavy atom. The summed E-state index contributed by atoms with van der Waals surface area (Å²) >= 11 is 9.39. The van der Waals surface area contributed by atoms with E-state index in [4.69, 9.17) is 11.6 Å². The number of amides is 1. The molecule has 0 aliphatic carbocycles. The van der Waals surface area contributed by atoms with E-state index in [-0.39, 0.29) is 11.3 Å². The molecule has 1 aliphatic heterocycles. The van der Waals surface area contributed by atoms with Crippen LogP contribution < -0.4 is 4.90 Å². The summed E-state index contributed by atoms with van der Waals surface area (Å²) in [7, 11) is 0. The number of ketones is 1. The quantitative estimate of drug-likeness (QED) is 0.303. The summed E-state index contributed by atoms with van der Waals surface area (Å²) in [5.41, 5.74) is 1.76. The van der Waals surface area contributed by atoms with E-state index in [0.717, 1.165) is 4.47 Å². The molecule has 3 aromatic carbocycles. The number of nitrogens with zero attached hydrogens (tertiary/aromatic N) is 1. The van der Waals surface area contributed by atoms with Gasteiger partial charge >= 0.3 is 0 Å². The van der Waals surface area contributed by atoms with Gasteiger partial charge in [-0.3, -0.25) is 14.5 Å². The highest BCUT2D eigenvalue weighted by Gasteiger charge is 2.46. The van der Waals surface area contributed by atoms with Crippen LogP contribution in [0.2, 0.25) is 5.02 Å². The van der Waals surface area contributed by atoms with Crippen LogP contribution >= 0.6 is 27.5 Å². The van der Waals surface area contributed by atoms with E-state index < -0.39 is 17.7 Å². The summed E-state index contributed by atoms with van der Waals surface area (Å²) in [5, 5.41) is 11.5. The minimum absolute atomic E-state index is 0.0541. The minimum atomic E-state index is -0.760. The summed E-state index contributed by atoms with van der Waals surface area (Å²) < 4.78 is 0.868. The Labute approximate surface area is 181 Å². The van der Waals surface area contributed by atoms with Crippen LogP contribution in [0.1, 0.15) is 17.2 Å². The molecule has 1 heterocycles. The first-order chi connectivity index (χ1) is 14.0. The number of hydrogen-bond donors (Lipinski definition) is 1. The van der Waals surface area contributed by atoms with Gasteiger partial charge in [-0.15, -0.1) is 0 Å². The van der Waals surface area contributed by atoms with Crippen LogP contribution in [0.25, 0.3) is 5.76 Å². The molecule has 29 heavy (non-hydrogen) atoms. The molecule has 0 bridgehead atoms. The Morgan fingerprint density at radius 3 is 2.14 bits per heavy atom. The predicted molar refractivity (Wildman–Crippen MR) is 117 cm³/mol. The van der Waals surface area contributed by atoms with Crippen molar-refractivity contribution < 1.29 is 14.7 Å². The molecular weight excluding hydrogens is 454 g/mol. The predicted octanol–water partition coefficient (Wildman–Crippen LogP) is 5.73. The van der Waals surface area contributed by atoms with E-state index in [0.29, 0.717) is 21.8 Å². The average Bonchev–Trinajstić information content (AvgIpc) is 3.00. The lowest BCUT2D eigenvalue weighted by atomic mass is 9.95. The fraction of sp³-hybridized carbons (Fsp3) is 0.0435. The molecule has 1 aliphatic rings. The molecule has 6 heteroatoms. The second-order valence-electron chi connectivity index (χ2n) is 6.56. The number of hydrogen-bond acceptors (Lipinski definition) is 3. The van der Waals surface area contributed by atoms with Gasteiger partial charge in [-0.25, -0.2) is 0 Å². The largest absolute Gasteiger partial charge is 0.507 e. The molecule has 1 fully saturated rings. The van der Waals surface area contributed by atoms with Gasteiger partial charge in [0.1, 0.15) is 5.76 Å². The van der Waals surface area contributed by atoms with Crippen LogP contribution in [0, 0.1) is 0 Å². The Hall–Kier alpha value is -2.89. The van der Waals surface area contributed by atoms with Crippen LogP contribution in [-0.4, -0.2) is 16.8 Å². The van der Waals surface area contributed by atoms with Gasteiger partial charge in [-0.2, -0.15) is 0 Å². The zero-order chi connectivity index (χ0) is 20.5.